The molecule has 3 heterocycles. The summed E-state index contributed by atoms with van der Waals surface area (Å²) in [5.74, 6) is 0.113. The Morgan fingerprint density at radius 2 is 2.08 bits per heavy atom. The molecule has 0 aliphatic carbocycles. The van der Waals surface area contributed by atoms with E-state index >= 15 is 0 Å². The minimum Gasteiger partial charge on any atom is -0.379 e. The largest absolute Gasteiger partial charge is 0.379 e. The molecule has 0 saturated carbocycles. The molecule has 5 nitrogen and oxygen atoms in total. The molecule has 3 rings (SSSR count). The van der Waals surface area contributed by atoms with Crippen LogP contribution < -0.4 is 5.32 Å². The van der Waals surface area contributed by atoms with Crippen molar-refractivity contribution >= 4 is 17.2 Å². The minimum absolute atomic E-state index is 0.0745. The fourth-order valence-corrected chi connectivity index (χ4v) is 3.73. The average molecular weight is 347 g/mol. The molecule has 1 unspecified atom stereocenters. The highest BCUT2D eigenvalue weighted by atomic mass is 32.1. The summed E-state index contributed by atoms with van der Waals surface area (Å²) in [7, 11) is 0. The van der Waals surface area contributed by atoms with Crippen LogP contribution in [0, 0.1) is 0 Å². The molecular weight excluding hydrogens is 322 g/mol. The Morgan fingerprint density at radius 3 is 2.79 bits per heavy atom. The van der Waals surface area contributed by atoms with Gasteiger partial charge in [0.1, 0.15) is 0 Å². The zero-order chi connectivity index (χ0) is 16.6. The van der Waals surface area contributed by atoms with E-state index in [1.165, 1.54) is 5.56 Å². The SMILES string of the molecule is O=C(CC(c1ccsc1)n1cccc1)NCCCN1CCOCC1. The predicted molar refractivity (Wildman–Crippen MR) is 96.4 cm³/mol. The smallest absolute Gasteiger partial charge is 0.222 e. The molecule has 130 valence electrons. The van der Waals surface area contributed by atoms with Gasteiger partial charge < -0.3 is 14.6 Å². The van der Waals surface area contributed by atoms with Gasteiger partial charge in [-0.15, -0.1) is 0 Å². The molecule has 1 atom stereocenters. The summed E-state index contributed by atoms with van der Waals surface area (Å²) < 4.78 is 7.45. The van der Waals surface area contributed by atoms with Gasteiger partial charge in [-0.3, -0.25) is 9.69 Å². The number of aromatic nitrogens is 1. The molecule has 2 aromatic heterocycles. The van der Waals surface area contributed by atoms with Crippen LogP contribution in [0.25, 0.3) is 0 Å². The van der Waals surface area contributed by atoms with Gasteiger partial charge in [0.15, 0.2) is 0 Å². The number of hydrogen-bond donors (Lipinski definition) is 1. The molecular formula is C18H25N3O2S. The molecule has 0 bridgehead atoms. The maximum Gasteiger partial charge on any atom is 0.222 e. The normalized spacial score (nSPS) is 16.8. The Labute approximate surface area is 147 Å². The van der Waals surface area contributed by atoms with E-state index in [2.05, 4.69) is 31.6 Å². The van der Waals surface area contributed by atoms with E-state index in [0.717, 1.165) is 45.8 Å². The number of amides is 1. The molecule has 1 amide bonds. The highest BCUT2D eigenvalue weighted by Gasteiger charge is 2.17. The number of thiophene rings is 1. The van der Waals surface area contributed by atoms with Crippen LogP contribution in [0.5, 0.6) is 0 Å². The van der Waals surface area contributed by atoms with E-state index in [1.807, 2.05) is 24.5 Å². The van der Waals surface area contributed by atoms with Crippen LogP contribution in [0.3, 0.4) is 0 Å². The first-order valence-electron chi connectivity index (χ1n) is 8.54. The average Bonchev–Trinajstić information content (AvgIpc) is 3.31. The van der Waals surface area contributed by atoms with Gasteiger partial charge in [0.05, 0.1) is 25.7 Å². The summed E-state index contributed by atoms with van der Waals surface area (Å²) in [5.41, 5.74) is 1.19. The molecule has 1 N–H and O–H groups in total. The molecule has 1 fully saturated rings. The third-order valence-corrected chi connectivity index (χ3v) is 5.07. The van der Waals surface area contributed by atoms with Gasteiger partial charge in [-0.1, -0.05) is 0 Å². The second-order valence-corrected chi connectivity index (χ2v) is 6.84. The molecule has 1 aliphatic rings. The number of nitrogens with zero attached hydrogens (tertiary/aromatic N) is 2. The van der Waals surface area contributed by atoms with Gasteiger partial charge >= 0.3 is 0 Å². The lowest BCUT2D eigenvalue weighted by molar-refractivity contribution is -0.121. The maximum atomic E-state index is 12.3. The fraction of sp³-hybridized carbons (Fsp3) is 0.500. The third-order valence-electron chi connectivity index (χ3n) is 4.37. The molecule has 1 aliphatic heterocycles. The van der Waals surface area contributed by atoms with Gasteiger partial charge in [-0.25, -0.2) is 0 Å². The van der Waals surface area contributed by atoms with Crippen molar-refractivity contribution in [2.45, 2.75) is 18.9 Å². The summed E-state index contributed by atoms with van der Waals surface area (Å²) in [6.07, 6.45) is 5.50. The first kappa shape index (κ1) is 17.2. The Hall–Kier alpha value is -1.63. The lowest BCUT2D eigenvalue weighted by Crippen LogP contribution is -2.38. The van der Waals surface area contributed by atoms with Crippen LogP contribution in [0.4, 0.5) is 0 Å². The zero-order valence-corrected chi connectivity index (χ0v) is 14.7. The molecule has 0 aromatic carbocycles. The second kappa shape index (κ2) is 9.01. The lowest BCUT2D eigenvalue weighted by atomic mass is 10.1. The number of carbonyl (C=O) groups excluding carboxylic acids is 1. The van der Waals surface area contributed by atoms with E-state index in [1.54, 1.807) is 11.3 Å². The first-order chi connectivity index (χ1) is 11.8. The van der Waals surface area contributed by atoms with Crippen LogP contribution in [-0.4, -0.2) is 54.8 Å². The zero-order valence-electron chi connectivity index (χ0n) is 13.9. The quantitative estimate of drug-likeness (QED) is 0.746. The highest BCUT2D eigenvalue weighted by molar-refractivity contribution is 7.07. The predicted octanol–water partition coefficient (Wildman–Crippen LogP) is 2.37. The topological polar surface area (TPSA) is 46.5 Å². The fourth-order valence-electron chi connectivity index (χ4n) is 3.02. The van der Waals surface area contributed by atoms with Crippen LogP contribution in [-0.2, 0) is 9.53 Å². The highest BCUT2D eigenvalue weighted by Crippen LogP contribution is 2.24. The summed E-state index contributed by atoms with van der Waals surface area (Å²) >= 11 is 1.67. The van der Waals surface area contributed by atoms with Crippen molar-refractivity contribution in [2.24, 2.45) is 0 Å². The Bertz CT molecular complexity index is 558. The van der Waals surface area contributed by atoms with Crippen LogP contribution >= 0.6 is 11.3 Å². The Kier molecular flexibility index (Phi) is 6.46. The second-order valence-electron chi connectivity index (χ2n) is 6.06. The number of ether oxygens (including phenoxy) is 1. The van der Waals surface area contributed by atoms with E-state index in [9.17, 15) is 4.79 Å². The summed E-state index contributed by atoms with van der Waals surface area (Å²) in [4.78, 5) is 14.7. The van der Waals surface area contributed by atoms with Gasteiger partial charge in [-0.05, 0) is 47.5 Å². The van der Waals surface area contributed by atoms with Gasteiger partial charge in [0, 0.05) is 32.0 Å². The number of nitrogens with one attached hydrogen (secondary N) is 1. The van der Waals surface area contributed by atoms with Crippen molar-refractivity contribution in [1.82, 2.24) is 14.8 Å². The molecule has 1 saturated heterocycles. The van der Waals surface area contributed by atoms with Crippen molar-refractivity contribution in [2.75, 3.05) is 39.4 Å². The molecule has 0 spiro atoms. The standard InChI is InChI=1S/C18H25N3O2S/c22-18(19-5-3-6-20-9-11-23-12-10-20)14-17(16-4-13-24-15-16)21-7-1-2-8-21/h1-2,4,7-8,13,15,17H,3,5-6,9-12,14H2,(H,19,22). The summed E-state index contributed by atoms with van der Waals surface area (Å²) in [6, 6.07) is 6.17. The van der Waals surface area contributed by atoms with E-state index in [-0.39, 0.29) is 11.9 Å². The number of morpholine rings is 1. The lowest BCUT2D eigenvalue weighted by Gasteiger charge is -2.26. The van der Waals surface area contributed by atoms with Gasteiger partial charge in [-0.2, -0.15) is 11.3 Å². The summed E-state index contributed by atoms with van der Waals surface area (Å²) in [6.45, 7) is 5.41. The molecule has 24 heavy (non-hydrogen) atoms. The number of rotatable bonds is 8. The van der Waals surface area contributed by atoms with Crippen molar-refractivity contribution in [3.05, 3.63) is 46.9 Å². The van der Waals surface area contributed by atoms with Crippen LogP contribution in [0.1, 0.15) is 24.4 Å². The monoisotopic (exact) mass is 347 g/mol. The van der Waals surface area contributed by atoms with Crippen LogP contribution in [0.15, 0.2) is 41.4 Å². The number of carbonyl (C=O) groups is 1. The number of hydrogen-bond acceptors (Lipinski definition) is 4. The van der Waals surface area contributed by atoms with E-state index < -0.39 is 0 Å². The molecule has 6 heteroatoms. The maximum absolute atomic E-state index is 12.3. The molecule has 0 radical (unpaired) electrons. The summed E-state index contributed by atoms with van der Waals surface area (Å²) in [5, 5.41) is 7.25. The van der Waals surface area contributed by atoms with Gasteiger partial charge in [0.2, 0.25) is 5.91 Å². The minimum atomic E-state index is 0.0745. The molecule has 2 aromatic rings. The van der Waals surface area contributed by atoms with Crippen molar-refractivity contribution in [3.8, 4) is 0 Å². The van der Waals surface area contributed by atoms with Gasteiger partial charge in [0.25, 0.3) is 0 Å². The third kappa shape index (κ3) is 4.93. The first-order valence-corrected chi connectivity index (χ1v) is 9.48. The van der Waals surface area contributed by atoms with Crippen molar-refractivity contribution in [3.63, 3.8) is 0 Å². The van der Waals surface area contributed by atoms with E-state index in [0.29, 0.717) is 6.42 Å². The van der Waals surface area contributed by atoms with Crippen molar-refractivity contribution < 1.29 is 9.53 Å². The van der Waals surface area contributed by atoms with E-state index in [4.69, 9.17) is 4.74 Å². The van der Waals surface area contributed by atoms with Crippen molar-refractivity contribution in [1.29, 1.82) is 0 Å². The Morgan fingerprint density at radius 1 is 1.29 bits per heavy atom. The Balaban J connectivity index is 1.44. The van der Waals surface area contributed by atoms with Crippen LogP contribution in [0.2, 0.25) is 0 Å².